The fraction of sp³-hybridized carbons (Fsp3) is 0.500. The Hall–Kier alpha value is -1.05. The summed E-state index contributed by atoms with van der Waals surface area (Å²) in [6.07, 6.45) is 1.14. The van der Waals surface area contributed by atoms with Gasteiger partial charge < -0.3 is 4.90 Å². The van der Waals surface area contributed by atoms with Gasteiger partial charge in [0.25, 0.3) is 0 Å². The monoisotopic (exact) mass is 307 g/mol. The normalized spacial score (nSPS) is 20.8. The molecule has 1 aromatic carbocycles. The summed E-state index contributed by atoms with van der Waals surface area (Å²) in [7, 11) is 2.18. The number of rotatable bonds is 2. The average Bonchev–Trinajstić information content (AvgIpc) is 2.39. The molecule has 0 amide bonds. The van der Waals surface area contributed by atoms with Crippen LogP contribution in [-0.2, 0) is 0 Å². The smallest absolute Gasteiger partial charge is 0.101 e. The average molecular weight is 308 g/mol. The van der Waals surface area contributed by atoms with Gasteiger partial charge in [0.05, 0.1) is 11.3 Å². The van der Waals surface area contributed by atoms with Crippen molar-refractivity contribution in [2.24, 2.45) is 0 Å². The van der Waals surface area contributed by atoms with Gasteiger partial charge in [0, 0.05) is 30.1 Å². The zero-order valence-corrected chi connectivity index (χ0v) is 12.4. The van der Waals surface area contributed by atoms with E-state index in [-0.39, 0.29) is 0 Å². The van der Waals surface area contributed by atoms with Crippen molar-refractivity contribution in [1.29, 1.82) is 5.26 Å². The van der Waals surface area contributed by atoms with Crippen LogP contribution in [0, 0.1) is 11.3 Å². The molecule has 4 heteroatoms. The van der Waals surface area contributed by atoms with Gasteiger partial charge in [0.1, 0.15) is 6.07 Å². The standard InChI is InChI=1S/C14H18BrN3/c1-3-13-10-18(7-6-17(13)2)14-8-12(15)5-4-11(14)9-16/h4-5,8,13H,3,6-7,10H2,1-2H3. The Morgan fingerprint density at radius 3 is 2.89 bits per heavy atom. The minimum atomic E-state index is 0.573. The first-order valence-electron chi connectivity index (χ1n) is 6.30. The van der Waals surface area contributed by atoms with Gasteiger partial charge >= 0.3 is 0 Å². The number of nitrogens with zero attached hydrogens (tertiary/aromatic N) is 3. The van der Waals surface area contributed by atoms with E-state index in [1.807, 2.05) is 12.1 Å². The summed E-state index contributed by atoms with van der Waals surface area (Å²) >= 11 is 3.49. The fourth-order valence-corrected chi connectivity index (χ4v) is 2.82. The van der Waals surface area contributed by atoms with E-state index in [9.17, 15) is 5.26 Å². The van der Waals surface area contributed by atoms with E-state index in [0.717, 1.165) is 41.8 Å². The number of hydrogen-bond acceptors (Lipinski definition) is 3. The molecule has 0 aromatic heterocycles. The van der Waals surface area contributed by atoms with E-state index >= 15 is 0 Å². The summed E-state index contributed by atoms with van der Waals surface area (Å²) in [6.45, 7) is 5.25. The molecule has 0 N–H and O–H groups in total. The molecular weight excluding hydrogens is 290 g/mol. The van der Waals surface area contributed by atoms with E-state index in [1.54, 1.807) is 0 Å². The first-order valence-corrected chi connectivity index (χ1v) is 7.09. The highest BCUT2D eigenvalue weighted by Crippen LogP contribution is 2.27. The zero-order chi connectivity index (χ0) is 13.1. The number of nitriles is 1. The van der Waals surface area contributed by atoms with Crippen LogP contribution in [-0.4, -0.2) is 37.6 Å². The molecule has 0 radical (unpaired) electrons. The third kappa shape index (κ3) is 2.68. The van der Waals surface area contributed by atoms with Gasteiger partial charge in [-0.15, -0.1) is 0 Å². The number of piperazine rings is 1. The summed E-state index contributed by atoms with van der Waals surface area (Å²) < 4.78 is 1.03. The van der Waals surface area contributed by atoms with E-state index in [0.29, 0.717) is 6.04 Å². The van der Waals surface area contributed by atoms with Crippen molar-refractivity contribution in [3.63, 3.8) is 0 Å². The molecule has 1 aliphatic rings. The lowest BCUT2D eigenvalue weighted by Gasteiger charge is -2.40. The van der Waals surface area contributed by atoms with Crippen LogP contribution in [0.3, 0.4) is 0 Å². The third-order valence-electron chi connectivity index (χ3n) is 3.67. The lowest BCUT2D eigenvalue weighted by molar-refractivity contribution is 0.213. The minimum absolute atomic E-state index is 0.573. The highest BCUT2D eigenvalue weighted by Gasteiger charge is 2.24. The van der Waals surface area contributed by atoms with Gasteiger partial charge in [-0.05, 0) is 31.7 Å². The number of likely N-dealkylation sites (N-methyl/N-ethyl adjacent to an activating group) is 1. The SMILES string of the molecule is CCC1CN(c2cc(Br)ccc2C#N)CCN1C. The molecule has 2 rings (SSSR count). The van der Waals surface area contributed by atoms with Crippen molar-refractivity contribution in [3.05, 3.63) is 28.2 Å². The van der Waals surface area contributed by atoms with E-state index in [4.69, 9.17) is 0 Å². The second-order valence-corrected chi connectivity index (χ2v) is 5.68. The summed E-state index contributed by atoms with van der Waals surface area (Å²) in [4.78, 5) is 4.73. The van der Waals surface area contributed by atoms with Gasteiger partial charge in [0.15, 0.2) is 0 Å². The van der Waals surface area contributed by atoms with Crippen molar-refractivity contribution in [2.75, 3.05) is 31.6 Å². The summed E-state index contributed by atoms with van der Waals surface area (Å²) in [5.41, 5.74) is 1.82. The van der Waals surface area contributed by atoms with Crippen LogP contribution in [0.1, 0.15) is 18.9 Å². The maximum Gasteiger partial charge on any atom is 0.101 e. The molecule has 96 valence electrons. The van der Waals surface area contributed by atoms with Crippen LogP contribution in [0.4, 0.5) is 5.69 Å². The molecule has 1 heterocycles. The van der Waals surface area contributed by atoms with Crippen molar-refractivity contribution < 1.29 is 0 Å². The first kappa shape index (κ1) is 13.4. The van der Waals surface area contributed by atoms with Crippen molar-refractivity contribution >= 4 is 21.6 Å². The predicted octanol–water partition coefficient (Wildman–Crippen LogP) is 2.85. The fourth-order valence-electron chi connectivity index (χ4n) is 2.47. The van der Waals surface area contributed by atoms with Crippen molar-refractivity contribution in [1.82, 2.24) is 4.90 Å². The molecule has 1 unspecified atom stereocenters. The molecule has 0 bridgehead atoms. The molecular formula is C14H18BrN3. The Morgan fingerprint density at radius 1 is 1.44 bits per heavy atom. The molecule has 1 atom stereocenters. The Balaban J connectivity index is 2.27. The van der Waals surface area contributed by atoms with Crippen LogP contribution >= 0.6 is 15.9 Å². The predicted molar refractivity (Wildman–Crippen MR) is 77.8 cm³/mol. The van der Waals surface area contributed by atoms with Gasteiger partial charge in [-0.3, -0.25) is 4.90 Å². The first-order chi connectivity index (χ1) is 8.65. The van der Waals surface area contributed by atoms with Crippen LogP contribution in [0.25, 0.3) is 0 Å². The van der Waals surface area contributed by atoms with Crippen LogP contribution in [0.2, 0.25) is 0 Å². The Kier molecular flexibility index (Phi) is 4.26. The Labute approximate surface area is 117 Å². The molecule has 0 saturated carbocycles. The maximum absolute atomic E-state index is 9.21. The van der Waals surface area contributed by atoms with Crippen LogP contribution in [0.5, 0.6) is 0 Å². The molecule has 0 aliphatic carbocycles. The third-order valence-corrected chi connectivity index (χ3v) is 4.16. The van der Waals surface area contributed by atoms with E-state index < -0.39 is 0 Å². The lowest BCUT2D eigenvalue weighted by atomic mass is 10.1. The van der Waals surface area contributed by atoms with Crippen molar-refractivity contribution in [3.8, 4) is 6.07 Å². The highest BCUT2D eigenvalue weighted by molar-refractivity contribution is 9.10. The maximum atomic E-state index is 9.21. The topological polar surface area (TPSA) is 30.3 Å². The van der Waals surface area contributed by atoms with Gasteiger partial charge in [0.2, 0.25) is 0 Å². The van der Waals surface area contributed by atoms with Gasteiger partial charge in [-0.1, -0.05) is 22.9 Å². The summed E-state index contributed by atoms with van der Waals surface area (Å²) in [5, 5.41) is 9.21. The largest absolute Gasteiger partial charge is 0.368 e. The summed E-state index contributed by atoms with van der Waals surface area (Å²) in [6, 6.07) is 8.73. The Bertz CT molecular complexity index is 467. The van der Waals surface area contributed by atoms with Crippen molar-refractivity contribution in [2.45, 2.75) is 19.4 Å². The minimum Gasteiger partial charge on any atom is -0.368 e. The quantitative estimate of drug-likeness (QED) is 0.841. The van der Waals surface area contributed by atoms with E-state index in [2.05, 4.69) is 51.8 Å². The summed E-state index contributed by atoms with van der Waals surface area (Å²) in [5.74, 6) is 0. The molecule has 1 aliphatic heterocycles. The Morgan fingerprint density at radius 2 is 2.22 bits per heavy atom. The molecule has 1 aromatic rings. The second kappa shape index (κ2) is 5.73. The highest BCUT2D eigenvalue weighted by atomic mass is 79.9. The van der Waals surface area contributed by atoms with Gasteiger partial charge in [-0.25, -0.2) is 0 Å². The second-order valence-electron chi connectivity index (χ2n) is 4.76. The number of halogens is 1. The van der Waals surface area contributed by atoms with Crippen LogP contribution in [0.15, 0.2) is 22.7 Å². The number of benzene rings is 1. The molecule has 1 fully saturated rings. The lowest BCUT2D eigenvalue weighted by Crippen LogP contribution is -2.51. The molecule has 18 heavy (non-hydrogen) atoms. The molecule has 1 saturated heterocycles. The number of hydrogen-bond donors (Lipinski definition) is 0. The van der Waals surface area contributed by atoms with E-state index in [1.165, 1.54) is 0 Å². The molecule has 0 spiro atoms. The zero-order valence-electron chi connectivity index (χ0n) is 10.9. The molecule has 3 nitrogen and oxygen atoms in total. The van der Waals surface area contributed by atoms with Gasteiger partial charge in [-0.2, -0.15) is 5.26 Å². The van der Waals surface area contributed by atoms with Crippen LogP contribution < -0.4 is 4.90 Å². The number of anilines is 1.